The lowest BCUT2D eigenvalue weighted by Gasteiger charge is -2.28. The fraction of sp³-hybridized carbons (Fsp3) is 0.606. The summed E-state index contributed by atoms with van der Waals surface area (Å²) in [6.45, 7) is 1.04. The predicted molar refractivity (Wildman–Crippen MR) is 395 cm³/mol. The molecule has 1 rings (SSSR count). The molecule has 118 heavy (non-hydrogen) atoms. The number of ether oxygens (including phenoxy) is 10. The Labute approximate surface area is 675 Å². The van der Waals surface area contributed by atoms with Crippen LogP contribution in [0.3, 0.4) is 0 Å². The van der Waals surface area contributed by atoms with Crippen molar-refractivity contribution >= 4 is 136 Å². The predicted octanol–water partition coefficient (Wildman–Crippen LogP) is -5.49. The molecular formula is C71H103N13O34. The summed E-state index contributed by atoms with van der Waals surface area (Å²) in [6, 6.07) is -16.2. The number of nitro groups is 1. The van der Waals surface area contributed by atoms with Gasteiger partial charge in [-0.2, -0.15) is 0 Å². The molecule has 1 aromatic rings. The van der Waals surface area contributed by atoms with Crippen molar-refractivity contribution in [3.05, 3.63) is 39.9 Å². The monoisotopic (exact) mass is 1680 g/mol. The summed E-state index contributed by atoms with van der Waals surface area (Å²) in [5.41, 5.74) is 5.05. The largest absolute Gasteiger partial charge is 0.469 e. The van der Waals surface area contributed by atoms with Crippen LogP contribution in [0.2, 0.25) is 0 Å². The summed E-state index contributed by atoms with van der Waals surface area (Å²) < 4.78 is 47.1. The number of hydrogen-bond acceptors (Lipinski definition) is 34. The molecule has 0 radical (unpaired) electrons. The van der Waals surface area contributed by atoms with Gasteiger partial charge in [0, 0.05) is 89.7 Å². The van der Waals surface area contributed by atoms with Gasteiger partial charge >= 0.3 is 59.7 Å². The number of methoxy groups -OCH3 is 10. The molecule has 656 valence electrons. The first kappa shape index (κ1) is 103. The average molecular weight is 1680 g/mol. The molecule has 0 aliphatic carbocycles. The quantitative estimate of drug-likeness (QED) is 0.0125. The Morgan fingerprint density at radius 1 is 0.271 bits per heavy atom. The van der Waals surface area contributed by atoms with Gasteiger partial charge < -0.3 is 112 Å². The number of esters is 10. The van der Waals surface area contributed by atoms with Crippen molar-refractivity contribution in [2.45, 2.75) is 208 Å². The molecule has 12 amide bonds. The third kappa shape index (κ3) is 40.3. The van der Waals surface area contributed by atoms with Gasteiger partial charge in [0.25, 0.3) is 5.69 Å². The Kier molecular flexibility index (Phi) is 48.4. The van der Waals surface area contributed by atoms with Crippen LogP contribution in [0.4, 0.5) is 5.69 Å². The first-order valence-corrected chi connectivity index (χ1v) is 36.3. The Morgan fingerprint density at radius 2 is 0.424 bits per heavy atom. The van der Waals surface area contributed by atoms with E-state index in [2.05, 4.69) is 72.7 Å². The maximum atomic E-state index is 15.0. The van der Waals surface area contributed by atoms with Crippen LogP contribution in [0.25, 0.3) is 0 Å². The molecule has 0 saturated carbocycles. The number of primary amides is 1. The van der Waals surface area contributed by atoms with E-state index in [1.165, 1.54) is 0 Å². The van der Waals surface area contributed by atoms with Crippen molar-refractivity contribution in [3.8, 4) is 0 Å². The fourth-order valence-corrected chi connectivity index (χ4v) is 10.5. The second-order valence-corrected chi connectivity index (χ2v) is 25.5. The first-order valence-electron chi connectivity index (χ1n) is 36.3. The van der Waals surface area contributed by atoms with E-state index in [9.17, 15) is 111 Å². The van der Waals surface area contributed by atoms with Crippen LogP contribution in [-0.4, -0.2) is 273 Å². The van der Waals surface area contributed by atoms with Crippen molar-refractivity contribution in [2.75, 3.05) is 71.1 Å². The zero-order valence-electron chi connectivity index (χ0n) is 66.9. The number of carbonyl (C=O) groups is 22. The molecule has 1 aromatic carbocycles. The first-order chi connectivity index (χ1) is 55.8. The molecule has 0 aliphatic heterocycles. The Hall–Kier alpha value is -13.0. The average Bonchev–Trinajstić information content (AvgIpc) is 0.826. The van der Waals surface area contributed by atoms with E-state index in [0.29, 0.717) is 0 Å². The van der Waals surface area contributed by atoms with Crippen molar-refractivity contribution in [3.63, 3.8) is 0 Å². The minimum absolute atomic E-state index is 0.0319. The van der Waals surface area contributed by atoms with E-state index in [4.69, 9.17) is 38.9 Å². The minimum Gasteiger partial charge on any atom is -0.469 e. The zero-order valence-corrected chi connectivity index (χ0v) is 66.9. The molecule has 0 saturated heterocycles. The highest BCUT2D eigenvalue weighted by Crippen LogP contribution is 2.17. The Bertz CT molecular complexity index is 3730. The smallest absolute Gasteiger partial charge is 0.305 e. The third-order valence-electron chi connectivity index (χ3n) is 17.3. The van der Waals surface area contributed by atoms with Gasteiger partial charge in [0.2, 0.25) is 70.9 Å². The topological polar surface area (TPSA) is 669 Å². The number of hydrogen-bond donors (Lipinski definition) is 12. The summed E-state index contributed by atoms with van der Waals surface area (Å²) in [5, 5.41) is 37.3. The Balaban J connectivity index is 4.22. The maximum Gasteiger partial charge on any atom is 0.305 e. The number of nitrogens with two attached hydrogens (primary N) is 1. The lowest BCUT2D eigenvalue weighted by Crippen LogP contribution is -2.61. The van der Waals surface area contributed by atoms with Crippen LogP contribution in [0.1, 0.15) is 141 Å². The number of rotatable bonds is 55. The van der Waals surface area contributed by atoms with E-state index >= 15 is 4.79 Å². The summed E-state index contributed by atoms with van der Waals surface area (Å²) in [6.07, 6.45) is -12.8. The van der Waals surface area contributed by atoms with Crippen molar-refractivity contribution in [1.29, 1.82) is 0 Å². The molecule has 0 aliphatic rings. The minimum atomic E-state index is -2.02. The molecule has 11 atom stereocenters. The van der Waals surface area contributed by atoms with E-state index in [-0.39, 0.29) is 12.0 Å². The summed E-state index contributed by atoms with van der Waals surface area (Å²) >= 11 is 0. The summed E-state index contributed by atoms with van der Waals surface area (Å²) in [4.78, 5) is 305. The van der Waals surface area contributed by atoms with Gasteiger partial charge in [0.15, 0.2) is 0 Å². The lowest BCUT2D eigenvalue weighted by molar-refractivity contribution is -0.384. The van der Waals surface area contributed by atoms with Crippen molar-refractivity contribution < 1.29 is 158 Å². The molecule has 0 aromatic heterocycles. The lowest BCUT2D eigenvalue weighted by atomic mass is 10.0. The number of amides is 12. The number of non-ortho nitro benzene ring substituents is 1. The van der Waals surface area contributed by atoms with E-state index in [0.717, 1.165) is 102 Å². The van der Waals surface area contributed by atoms with Crippen LogP contribution in [0, 0.1) is 10.1 Å². The standard InChI is InChI=1S/C71H103N13O34/c1-37(85)73-41(17-27-52(87)110-3)62(97)75-43(19-29-54(89)112-5)64(99)77-45(21-31-56(91)114-7)66(101)79-47(23-33-58(93)116-9)68(103)81-49(25-35-60(95)118-11)70(105)83-50(36-38-12-14-39(15-13-38)84(107)108)71(106)82-48(24-34-59(94)117-10)69(104)80-46(22-32-57(92)115-8)67(102)78-44(20-30-55(90)113-6)65(100)76-42(18-28-53(88)111-4)63(98)74-40(61(72)96)16-26-51(86)109-2/h12-15,40-50H,16-36H2,1-11H3,(H2,72,96)(H,73,85)(H,74,98)(H,75,97)(H,76,100)(H,77,99)(H,78,102)(H,79,101)(H,80,104)(H,81,103)(H,82,106)(H,83,105). The molecule has 47 nitrogen and oxygen atoms in total. The molecule has 0 heterocycles. The highest BCUT2D eigenvalue weighted by Gasteiger charge is 2.39. The second-order valence-electron chi connectivity index (χ2n) is 25.5. The highest BCUT2D eigenvalue weighted by atomic mass is 16.6. The summed E-state index contributed by atoms with van der Waals surface area (Å²) in [5.74, 6) is -24.0. The van der Waals surface area contributed by atoms with Crippen LogP contribution in [0.15, 0.2) is 24.3 Å². The van der Waals surface area contributed by atoms with Crippen molar-refractivity contribution in [1.82, 2.24) is 58.5 Å². The van der Waals surface area contributed by atoms with Gasteiger partial charge in [-0.05, 0) is 69.8 Å². The normalized spacial score (nSPS) is 13.4. The van der Waals surface area contributed by atoms with Gasteiger partial charge in [-0.1, -0.05) is 12.1 Å². The SMILES string of the molecule is COC(=O)CCC(NC(=O)C(CCC(=O)OC)NC(=O)C(CCC(=O)OC)NC(=O)C(CCC(=O)OC)NC(=O)C(CCC(=O)OC)NC(=O)C(Cc1ccc([N+](=O)[O-])cc1)NC(=O)C(CCC(=O)OC)NC(=O)C(CCC(=O)OC)NC(=O)C(CCC(=O)OC)NC(=O)C(CCC(=O)OC)NC(=O)C(CCC(=O)OC)NC(C)=O)C(N)=O. The fourth-order valence-electron chi connectivity index (χ4n) is 10.5. The van der Waals surface area contributed by atoms with Gasteiger partial charge in [-0.15, -0.1) is 0 Å². The van der Waals surface area contributed by atoms with Gasteiger partial charge in [-0.25, -0.2) is 0 Å². The second kappa shape index (κ2) is 55.5. The molecule has 47 heteroatoms. The number of carbonyl (C=O) groups excluding carboxylic acids is 22. The van der Waals surface area contributed by atoms with Crippen LogP contribution < -0.4 is 64.2 Å². The summed E-state index contributed by atoms with van der Waals surface area (Å²) in [7, 11) is 9.89. The van der Waals surface area contributed by atoms with Gasteiger partial charge in [-0.3, -0.25) is 116 Å². The number of nitrogens with zero attached hydrogens (tertiary/aromatic N) is 1. The van der Waals surface area contributed by atoms with E-state index in [1.54, 1.807) is 0 Å². The van der Waals surface area contributed by atoms with Crippen LogP contribution in [0.5, 0.6) is 0 Å². The van der Waals surface area contributed by atoms with E-state index < -0.39 is 336 Å². The molecule has 11 unspecified atom stereocenters. The maximum absolute atomic E-state index is 15.0. The number of benzene rings is 1. The van der Waals surface area contributed by atoms with Crippen LogP contribution >= 0.6 is 0 Å². The molecule has 0 spiro atoms. The zero-order chi connectivity index (χ0) is 89.3. The van der Waals surface area contributed by atoms with Gasteiger partial charge in [0.1, 0.15) is 66.5 Å². The molecule has 13 N–H and O–H groups in total. The highest BCUT2D eigenvalue weighted by molar-refractivity contribution is 6.00. The number of nitrogens with one attached hydrogen (secondary N) is 11. The van der Waals surface area contributed by atoms with Gasteiger partial charge in [0.05, 0.1) is 76.0 Å². The van der Waals surface area contributed by atoms with E-state index in [1.807, 2.05) is 0 Å². The Morgan fingerprint density at radius 3 is 0.585 bits per heavy atom. The van der Waals surface area contributed by atoms with Crippen molar-refractivity contribution in [2.24, 2.45) is 5.73 Å². The molecule has 0 fully saturated rings. The molecular weight excluding hydrogens is 1580 g/mol. The third-order valence-corrected chi connectivity index (χ3v) is 17.3. The number of nitro benzene ring substituents is 1. The van der Waals surface area contributed by atoms with Crippen LogP contribution in [-0.2, 0) is 159 Å². The molecule has 0 bridgehead atoms.